The Morgan fingerprint density at radius 3 is 1.91 bits per heavy atom. The second kappa shape index (κ2) is 3.95. The van der Waals surface area contributed by atoms with E-state index < -0.39 is 24.6 Å². The molecule has 0 aromatic heterocycles. The maximum absolute atomic E-state index is 11.7. The zero-order valence-corrected chi connectivity index (χ0v) is 6.65. The van der Waals surface area contributed by atoms with Crippen LogP contribution in [0.5, 0.6) is 0 Å². The lowest BCUT2D eigenvalue weighted by molar-refractivity contribution is -0.152. The molecular formula is C7H13F3O. The highest BCUT2D eigenvalue weighted by molar-refractivity contribution is 4.67. The Hall–Kier alpha value is -0.250. The average Bonchev–Trinajstić information content (AvgIpc) is 1.80. The normalized spacial score (nSPS) is 18.0. The zero-order chi connectivity index (χ0) is 9.07. The van der Waals surface area contributed by atoms with Crippen molar-refractivity contribution < 1.29 is 18.3 Å². The summed E-state index contributed by atoms with van der Waals surface area (Å²) in [5.74, 6) is -0.657. The van der Waals surface area contributed by atoms with E-state index in [1.54, 1.807) is 6.92 Å². The van der Waals surface area contributed by atoms with Gasteiger partial charge >= 0.3 is 6.18 Å². The summed E-state index contributed by atoms with van der Waals surface area (Å²) in [4.78, 5) is 0. The molecule has 0 amide bonds. The van der Waals surface area contributed by atoms with Crippen LogP contribution in [0.1, 0.15) is 26.7 Å². The maximum atomic E-state index is 11.7. The first-order valence-electron chi connectivity index (χ1n) is 3.61. The number of hydrogen-bond acceptors (Lipinski definition) is 1. The predicted molar refractivity (Wildman–Crippen MR) is 36.1 cm³/mol. The van der Waals surface area contributed by atoms with Gasteiger partial charge in [0.1, 0.15) is 0 Å². The Balaban J connectivity index is 3.88. The minimum absolute atomic E-state index is 0.358. The lowest BCUT2D eigenvalue weighted by Crippen LogP contribution is -2.23. The van der Waals surface area contributed by atoms with Crippen LogP contribution >= 0.6 is 0 Å². The van der Waals surface area contributed by atoms with Crippen LogP contribution in [0.15, 0.2) is 0 Å². The third-order valence-electron chi connectivity index (χ3n) is 1.70. The van der Waals surface area contributed by atoms with Crippen molar-refractivity contribution in [1.82, 2.24) is 0 Å². The first kappa shape index (κ1) is 10.8. The first-order valence-corrected chi connectivity index (χ1v) is 3.61. The molecule has 0 aliphatic carbocycles. The molecule has 0 fully saturated rings. The van der Waals surface area contributed by atoms with Crippen molar-refractivity contribution in [3.8, 4) is 0 Å². The van der Waals surface area contributed by atoms with Crippen LogP contribution in [0.3, 0.4) is 0 Å². The van der Waals surface area contributed by atoms with E-state index in [2.05, 4.69) is 0 Å². The topological polar surface area (TPSA) is 20.2 Å². The minimum atomic E-state index is -4.16. The van der Waals surface area contributed by atoms with E-state index in [1.807, 2.05) is 0 Å². The number of halogens is 3. The highest BCUT2D eigenvalue weighted by Gasteiger charge is 2.32. The number of aliphatic hydroxyl groups is 1. The highest BCUT2D eigenvalue weighted by Crippen LogP contribution is 2.28. The van der Waals surface area contributed by atoms with Crippen molar-refractivity contribution in [1.29, 1.82) is 0 Å². The lowest BCUT2D eigenvalue weighted by atomic mass is 9.97. The van der Waals surface area contributed by atoms with Gasteiger partial charge in [-0.15, -0.1) is 0 Å². The summed E-state index contributed by atoms with van der Waals surface area (Å²) in [6.07, 6.45) is -5.56. The Morgan fingerprint density at radius 1 is 1.36 bits per heavy atom. The molecule has 0 radical (unpaired) electrons. The molecule has 0 aliphatic rings. The van der Waals surface area contributed by atoms with Crippen molar-refractivity contribution >= 4 is 0 Å². The van der Waals surface area contributed by atoms with Gasteiger partial charge in [0, 0.05) is 6.42 Å². The van der Waals surface area contributed by atoms with Gasteiger partial charge in [-0.25, -0.2) is 0 Å². The summed E-state index contributed by atoms with van der Waals surface area (Å²) in [6, 6.07) is 0. The van der Waals surface area contributed by atoms with Crippen LogP contribution in [0.25, 0.3) is 0 Å². The lowest BCUT2D eigenvalue weighted by Gasteiger charge is -2.19. The Labute approximate surface area is 64.2 Å². The Kier molecular flexibility index (Phi) is 3.86. The van der Waals surface area contributed by atoms with Gasteiger partial charge in [0.15, 0.2) is 0 Å². The quantitative estimate of drug-likeness (QED) is 0.689. The highest BCUT2D eigenvalue weighted by atomic mass is 19.4. The molecule has 4 heteroatoms. The van der Waals surface area contributed by atoms with E-state index >= 15 is 0 Å². The fourth-order valence-electron chi connectivity index (χ4n) is 0.953. The number of hydrogen-bond donors (Lipinski definition) is 1. The van der Waals surface area contributed by atoms with Crippen LogP contribution in [0.2, 0.25) is 0 Å². The molecule has 0 aliphatic heterocycles. The first-order chi connectivity index (χ1) is 4.87. The van der Waals surface area contributed by atoms with Crippen molar-refractivity contribution in [2.45, 2.75) is 39.0 Å². The van der Waals surface area contributed by atoms with E-state index in [0.29, 0.717) is 6.42 Å². The van der Waals surface area contributed by atoms with Crippen LogP contribution in [-0.4, -0.2) is 17.4 Å². The SMILES string of the molecule is CCC(CC(F)(F)F)C(C)O. The fourth-order valence-corrected chi connectivity index (χ4v) is 0.953. The van der Waals surface area contributed by atoms with Crippen LogP contribution in [0.4, 0.5) is 13.2 Å². The molecule has 2 unspecified atom stereocenters. The predicted octanol–water partition coefficient (Wildman–Crippen LogP) is 2.35. The Morgan fingerprint density at radius 2 is 1.82 bits per heavy atom. The average molecular weight is 170 g/mol. The van der Waals surface area contributed by atoms with E-state index in [-0.39, 0.29) is 0 Å². The van der Waals surface area contributed by atoms with Crippen LogP contribution < -0.4 is 0 Å². The molecule has 0 bridgehead atoms. The van der Waals surface area contributed by atoms with Gasteiger partial charge in [0.2, 0.25) is 0 Å². The monoisotopic (exact) mass is 170 g/mol. The van der Waals surface area contributed by atoms with Crippen molar-refractivity contribution in [2.24, 2.45) is 5.92 Å². The summed E-state index contributed by atoms with van der Waals surface area (Å²) in [6.45, 7) is 3.03. The van der Waals surface area contributed by atoms with Crippen molar-refractivity contribution in [2.75, 3.05) is 0 Å². The molecule has 0 spiro atoms. The summed E-state index contributed by atoms with van der Waals surface area (Å²) >= 11 is 0. The molecule has 0 saturated heterocycles. The molecule has 11 heavy (non-hydrogen) atoms. The number of aliphatic hydroxyl groups excluding tert-OH is 1. The summed E-state index contributed by atoms with van der Waals surface area (Å²) < 4.78 is 35.2. The molecule has 2 atom stereocenters. The van der Waals surface area contributed by atoms with E-state index in [9.17, 15) is 13.2 Å². The van der Waals surface area contributed by atoms with Crippen LogP contribution in [0, 0.1) is 5.92 Å². The third kappa shape index (κ3) is 5.07. The van der Waals surface area contributed by atoms with Gasteiger partial charge < -0.3 is 5.11 Å². The maximum Gasteiger partial charge on any atom is 0.389 e. The van der Waals surface area contributed by atoms with Crippen molar-refractivity contribution in [3.05, 3.63) is 0 Å². The summed E-state index contributed by atoms with van der Waals surface area (Å²) in [5.41, 5.74) is 0. The molecule has 0 rings (SSSR count). The number of rotatable bonds is 3. The van der Waals surface area contributed by atoms with Crippen LogP contribution in [-0.2, 0) is 0 Å². The molecule has 0 aromatic carbocycles. The molecule has 0 saturated carbocycles. The van der Waals surface area contributed by atoms with E-state index in [1.165, 1.54) is 6.92 Å². The molecule has 1 nitrogen and oxygen atoms in total. The van der Waals surface area contributed by atoms with E-state index in [4.69, 9.17) is 5.11 Å². The smallest absolute Gasteiger partial charge is 0.389 e. The molecular weight excluding hydrogens is 157 g/mol. The van der Waals surface area contributed by atoms with Gasteiger partial charge in [0.05, 0.1) is 6.10 Å². The minimum Gasteiger partial charge on any atom is -0.393 e. The Bertz CT molecular complexity index is 109. The third-order valence-corrected chi connectivity index (χ3v) is 1.70. The molecule has 1 N–H and O–H groups in total. The number of alkyl halides is 3. The second-order valence-electron chi connectivity index (χ2n) is 2.73. The largest absolute Gasteiger partial charge is 0.393 e. The van der Waals surface area contributed by atoms with Gasteiger partial charge in [-0.2, -0.15) is 13.2 Å². The second-order valence-corrected chi connectivity index (χ2v) is 2.73. The van der Waals surface area contributed by atoms with Gasteiger partial charge in [0.25, 0.3) is 0 Å². The van der Waals surface area contributed by atoms with Gasteiger partial charge in [-0.3, -0.25) is 0 Å². The van der Waals surface area contributed by atoms with E-state index in [0.717, 1.165) is 0 Å². The van der Waals surface area contributed by atoms with Crippen molar-refractivity contribution in [3.63, 3.8) is 0 Å². The molecule has 0 aromatic rings. The summed E-state index contributed by atoms with van der Waals surface area (Å²) in [5, 5.41) is 8.88. The van der Waals surface area contributed by atoms with Gasteiger partial charge in [-0.1, -0.05) is 13.3 Å². The zero-order valence-electron chi connectivity index (χ0n) is 6.65. The summed E-state index contributed by atoms with van der Waals surface area (Å²) in [7, 11) is 0. The van der Waals surface area contributed by atoms with Gasteiger partial charge in [-0.05, 0) is 12.8 Å². The fraction of sp³-hybridized carbons (Fsp3) is 1.00. The molecule has 0 heterocycles. The standard InChI is InChI=1S/C7H13F3O/c1-3-6(5(2)11)4-7(8,9)10/h5-6,11H,3-4H2,1-2H3. The molecule has 68 valence electrons.